The summed E-state index contributed by atoms with van der Waals surface area (Å²) < 4.78 is 8.69. The topological polar surface area (TPSA) is 27.1 Å². The molecular formula is C14H15BrN2O. The van der Waals surface area contributed by atoms with Crippen molar-refractivity contribution >= 4 is 15.9 Å². The Morgan fingerprint density at radius 1 is 1.22 bits per heavy atom. The second kappa shape index (κ2) is 5.24. The summed E-state index contributed by atoms with van der Waals surface area (Å²) in [5.41, 5.74) is 2.12. The van der Waals surface area contributed by atoms with Gasteiger partial charge in [-0.05, 0) is 41.3 Å². The van der Waals surface area contributed by atoms with E-state index in [1.165, 1.54) is 6.42 Å². The Morgan fingerprint density at radius 3 is 2.78 bits per heavy atom. The number of rotatable bonds is 2. The molecule has 3 rings (SSSR count). The molecule has 0 spiro atoms. The Labute approximate surface area is 115 Å². The van der Waals surface area contributed by atoms with Gasteiger partial charge in [-0.3, -0.25) is 0 Å². The van der Waals surface area contributed by atoms with Crippen LogP contribution in [0.15, 0.2) is 41.0 Å². The molecular weight excluding hydrogens is 292 g/mol. The van der Waals surface area contributed by atoms with E-state index >= 15 is 0 Å². The molecule has 2 heterocycles. The quantitative estimate of drug-likeness (QED) is 0.838. The minimum Gasteiger partial charge on any atom is -0.356 e. The van der Waals surface area contributed by atoms with E-state index in [-0.39, 0.29) is 6.23 Å². The Balaban J connectivity index is 1.91. The third kappa shape index (κ3) is 2.35. The third-order valence-corrected chi connectivity index (χ3v) is 3.78. The summed E-state index contributed by atoms with van der Waals surface area (Å²) in [5.74, 6) is 0. The predicted octanol–water partition coefficient (Wildman–Crippen LogP) is 4.01. The maximum absolute atomic E-state index is 5.76. The predicted molar refractivity (Wildman–Crippen MR) is 74.2 cm³/mol. The summed E-state index contributed by atoms with van der Waals surface area (Å²) in [7, 11) is 0. The van der Waals surface area contributed by atoms with Gasteiger partial charge in [-0.15, -0.1) is 0 Å². The van der Waals surface area contributed by atoms with Crippen molar-refractivity contribution in [1.29, 1.82) is 0 Å². The molecule has 0 radical (unpaired) electrons. The standard InChI is InChI=1S/C14H15BrN2O/c15-13-10-12(11-6-2-1-3-7-11)16-17(13)14-8-4-5-9-18-14/h1-3,6-7,10,14H,4-5,8-9H2. The van der Waals surface area contributed by atoms with Gasteiger partial charge in [-0.2, -0.15) is 5.10 Å². The first-order valence-corrected chi connectivity index (χ1v) is 7.06. The number of aromatic nitrogens is 2. The van der Waals surface area contributed by atoms with Gasteiger partial charge < -0.3 is 4.74 Å². The molecule has 2 aromatic rings. The first-order valence-electron chi connectivity index (χ1n) is 6.27. The summed E-state index contributed by atoms with van der Waals surface area (Å²) in [6, 6.07) is 12.3. The maximum atomic E-state index is 5.76. The van der Waals surface area contributed by atoms with Gasteiger partial charge in [0.25, 0.3) is 0 Å². The Morgan fingerprint density at radius 2 is 2.06 bits per heavy atom. The normalized spacial score (nSPS) is 19.9. The third-order valence-electron chi connectivity index (χ3n) is 3.19. The average Bonchev–Trinajstić information content (AvgIpc) is 2.83. The molecule has 0 N–H and O–H groups in total. The number of benzene rings is 1. The van der Waals surface area contributed by atoms with Crippen molar-refractivity contribution in [3.8, 4) is 11.3 Å². The van der Waals surface area contributed by atoms with Gasteiger partial charge in [0.2, 0.25) is 0 Å². The van der Waals surface area contributed by atoms with Crippen LogP contribution in [0, 0.1) is 0 Å². The first-order chi connectivity index (χ1) is 8.84. The van der Waals surface area contributed by atoms with Crippen LogP contribution in [0.3, 0.4) is 0 Å². The van der Waals surface area contributed by atoms with Gasteiger partial charge >= 0.3 is 0 Å². The van der Waals surface area contributed by atoms with Crippen LogP contribution >= 0.6 is 15.9 Å². The highest BCUT2D eigenvalue weighted by Crippen LogP contribution is 2.29. The van der Waals surface area contributed by atoms with E-state index in [9.17, 15) is 0 Å². The van der Waals surface area contributed by atoms with Crippen molar-refractivity contribution in [2.24, 2.45) is 0 Å². The van der Waals surface area contributed by atoms with Crippen molar-refractivity contribution in [3.63, 3.8) is 0 Å². The second-order valence-electron chi connectivity index (χ2n) is 4.48. The van der Waals surface area contributed by atoms with Gasteiger partial charge in [0.15, 0.2) is 6.23 Å². The first kappa shape index (κ1) is 11.9. The molecule has 1 aromatic carbocycles. The highest BCUT2D eigenvalue weighted by molar-refractivity contribution is 9.10. The van der Waals surface area contributed by atoms with Crippen LogP contribution in [-0.2, 0) is 4.74 Å². The summed E-state index contributed by atoms with van der Waals surface area (Å²) in [4.78, 5) is 0. The van der Waals surface area contributed by atoms with E-state index in [4.69, 9.17) is 4.74 Å². The minimum atomic E-state index is 0.0746. The highest BCUT2D eigenvalue weighted by atomic mass is 79.9. The van der Waals surface area contributed by atoms with Crippen molar-refractivity contribution in [3.05, 3.63) is 41.0 Å². The Kier molecular flexibility index (Phi) is 3.48. The van der Waals surface area contributed by atoms with Crippen LogP contribution in [0.25, 0.3) is 11.3 Å². The van der Waals surface area contributed by atoms with Crippen molar-refractivity contribution in [2.75, 3.05) is 6.61 Å². The minimum absolute atomic E-state index is 0.0746. The van der Waals surface area contributed by atoms with Gasteiger partial charge in [-0.1, -0.05) is 30.3 Å². The van der Waals surface area contributed by atoms with Gasteiger partial charge in [0.1, 0.15) is 4.60 Å². The second-order valence-corrected chi connectivity index (χ2v) is 5.30. The van der Waals surface area contributed by atoms with Crippen LogP contribution in [0.2, 0.25) is 0 Å². The van der Waals surface area contributed by atoms with Crippen LogP contribution < -0.4 is 0 Å². The summed E-state index contributed by atoms with van der Waals surface area (Å²) in [6.45, 7) is 0.831. The maximum Gasteiger partial charge on any atom is 0.151 e. The SMILES string of the molecule is Brc1cc(-c2ccccc2)nn1C1CCCCO1. The van der Waals surface area contributed by atoms with Crippen LogP contribution in [0.4, 0.5) is 0 Å². The zero-order chi connectivity index (χ0) is 12.4. The summed E-state index contributed by atoms with van der Waals surface area (Å²) in [5, 5.41) is 4.65. The fourth-order valence-electron chi connectivity index (χ4n) is 2.24. The number of ether oxygens (including phenoxy) is 1. The van der Waals surface area contributed by atoms with Crippen LogP contribution in [0.5, 0.6) is 0 Å². The van der Waals surface area contributed by atoms with Crippen LogP contribution in [0.1, 0.15) is 25.5 Å². The van der Waals surface area contributed by atoms with Gasteiger partial charge in [0.05, 0.1) is 5.69 Å². The fourth-order valence-corrected chi connectivity index (χ4v) is 2.76. The molecule has 3 nitrogen and oxygen atoms in total. The number of hydrogen-bond acceptors (Lipinski definition) is 2. The zero-order valence-electron chi connectivity index (χ0n) is 10.1. The molecule has 1 aliphatic heterocycles. The molecule has 1 fully saturated rings. The monoisotopic (exact) mass is 306 g/mol. The lowest BCUT2D eigenvalue weighted by Gasteiger charge is -2.23. The van der Waals surface area contributed by atoms with Crippen molar-refractivity contribution in [1.82, 2.24) is 9.78 Å². The molecule has 1 atom stereocenters. The Hall–Kier alpha value is -1.13. The van der Waals surface area contributed by atoms with E-state index in [1.807, 2.05) is 28.9 Å². The number of halogens is 1. The molecule has 0 saturated carbocycles. The van der Waals surface area contributed by atoms with E-state index in [0.717, 1.165) is 35.3 Å². The Bertz CT molecular complexity index is 518. The molecule has 94 valence electrons. The lowest BCUT2D eigenvalue weighted by molar-refractivity contribution is -0.0407. The molecule has 1 unspecified atom stereocenters. The van der Waals surface area contributed by atoms with Crippen molar-refractivity contribution < 1.29 is 4.74 Å². The number of hydrogen-bond donors (Lipinski definition) is 0. The lowest BCUT2D eigenvalue weighted by Crippen LogP contribution is -2.19. The van der Waals surface area contributed by atoms with Crippen LogP contribution in [-0.4, -0.2) is 16.4 Å². The average molecular weight is 307 g/mol. The van der Waals surface area contributed by atoms with Gasteiger partial charge in [-0.25, -0.2) is 4.68 Å². The summed E-state index contributed by atoms with van der Waals surface area (Å²) >= 11 is 3.57. The molecule has 18 heavy (non-hydrogen) atoms. The largest absolute Gasteiger partial charge is 0.356 e. The van der Waals surface area contributed by atoms with Crippen molar-refractivity contribution in [2.45, 2.75) is 25.5 Å². The van der Waals surface area contributed by atoms with E-state index in [1.54, 1.807) is 0 Å². The molecule has 1 saturated heterocycles. The van der Waals surface area contributed by atoms with Gasteiger partial charge in [0, 0.05) is 12.2 Å². The molecule has 0 bridgehead atoms. The molecule has 0 amide bonds. The number of nitrogens with zero attached hydrogens (tertiary/aromatic N) is 2. The summed E-state index contributed by atoms with van der Waals surface area (Å²) in [6.07, 6.45) is 3.47. The smallest absolute Gasteiger partial charge is 0.151 e. The lowest BCUT2D eigenvalue weighted by atomic mass is 10.2. The fraction of sp³-hybridized carbons (Fsp3) is 0.357. The van der Waals surface area contributed by atoms with E-state index < -0.39 is 0 Å². The van der Waals surface area contributed by atoms with E-state index in [0.29, 0.717) is 0 Å². The molecule has 0 aliphatic carbocycles. The zero-order valence-corrected chi connectivity index (χ0v) is 11.6. The van der Waals surface area contributed by atoms with E-state index in [2.05, 4.69) is 33.2 Å². The highest BCUT2D eigenvalue weighted by Gasteiger charge is 2.19. The molecule has 1 aliphatic rings. The molecule has 1 aromatic heterocycles. The molecule has 4 heteroatoms.